The summed E-state index contributed by atoms with van der Waals surface area (Å²) in [4.78, 5) is 10.5. The van der Waals surface area contributed by atoms with E-state index in [1.54, 1.807) is 0 Å². The summed E-state index contributed by atoms with van der Waals surface area (Å²) in [5.74, 6) is 2.98. The highest BCUT2D eigenvalue weighted by molar-refractivity contribution is 5.81. The summed E-state index contributed by atoms with van der Waals surface area (Å²) in [6, 6.07) is 0. The first kappa shape index (κ1) is 10.3. The highest BCUT2D eigenvalue weighted by Gasteiger charge is 2.42. The Kier molecular flexibility index (Phi) is 3.16. The summed E-state index contributed by atoms with van der Waals surface area (Å²) in [6.07, 6.45) is -1.44. The van der Waals surface area contributed by atoms with E-state index >= 15 is 0 Å². The average Bonchev–Trinajstić information content (AvgIpc) is 2.54. The molecule has 1 fully saturated rings. The molecule has 0 bridgehead atoms. The fourth-order valence-electron chi connectivity index (χ4n) is 1.35. The van der Waals surface area contributed by atoms with Gasteiger partial charge in [-0.1, -0.05) is 12.8 Å². The van der Waals surface area contributed by atoms with Crippen molar-refractivity contribution in [2.24, 2.45) is 5.84 Å². The summed E-state index contributed by atoms with van der Waals surface area (Å²) < 4.78 is 29.8. The molecule has 0 unspecified atom stereocenters. The highest BCUT2D eigenvalue weighted by Crippen LogP contribution is 2.27. The molecule has 4 nitrogen and oxygen atoms in total. The molecule has 76 valence electrons. The Hall–Kier alpha value is -0.750. The molecule has 0 radical (unpaired) electrons. The SMILES string of the molecule is NNC(=O)C(F)(F)OC1CCCC1. The first-order valence-corrected chi connectivity index (χ1v) is 4.13. The van der Waals surface area contributed by atoms with Crippen molar-refractivity contribution < 1.29 is 18.3 Å². The predicted octanol–water partition coefficient (Wildman–Crippen LogP) is 0.528. The maximum Gasteiger partial charge on any atom is 0.438 e. The highest BCUT2D eigenvalue weighted by atomic mass is 19.3. The molecule has 0 aromatic heterocycles. The zero-order valence-electron chi connectivity index (χ0n) is 7.06. The molecule has 1 amide bonds. The molecule has 0 aromatic carbocycles. The molecule has 3 N–H and O–H groups in total. The Balaban J connectivity index is 2.44. The van der Waals surface area contributed by atoms with E-state index < -0.39 is 18.1 Å². The van der Waals surface area contributed by atoms with Gasteiger partial charge in [0, 0.05) is 0 Å². The number of hydrazine groups is 1. The van der Waals surface area contributed by atoms with Crippen LogP contribution in [0.1, 0.15) is 25.7 Å². The van der Waals surface area contributed by atoms with Crippen LogP contribution in [0.15, 0.2) is 0 Å². The van der Waals surface area contributed by atoms with E-state index in [0.29, 0.717) is 12.8 Å². The Labute approximate surface area is 74.4 Å². The molecular weight excluding hydrogens is 182 g/mol. The van der Waals surface area contributed by atoms with Gasteiger partial charge in [0.25, 0.3) is 0 Å². The third kappa shape index (κ3) is 2.60. The van der Waals surface area contributed by atoms with E-state index in [1.165, 1.54) is 5.43 Å². The Morgan fingerprint density at radius 2 is 2.00 bits per heavy atom. The van der Waals surface area contributed by atoms with E-state index in [0.717, 1.165) is 12.8 Å². The molecule has 0 aliphatic heterocycles. The summed E-state index contributed by atoms with van der Waals surface area (Å²) in [7, 11) is 0. The van der Waals surface area contributed by atoms with Crippen LogP contribution in [0.2, 0.25) is 0 Å². The predicted molar refractivity (Wildman–Crippen MR) is 40.6 cm³/mol. The molecule has 1 aliphatic rings. The number of rotatable bonds is 3. The van der Waals surface area contributed by atoms with Crippen molar-refractivity contribution >= 4 is 5.91 Å². The van der Waals surface area contributed by atoms with Crippen molar-refractivity contribution in [1.29, 1.82) is 0 Å². The van der Waals surface area contributed by atoms with Gasteiger partial charge < -0.3 is 4.74 Å². The van der Waals surface area contributed by atoms with Gasteiger partial charge in [-0.05, 0) is 12.8 Å². The molecule has 0 atom stereocenters. The first-order valence-electron chi connectivity index (χ1n) is 4.13. The van der Waals surface area contributed by atoms with Crippen LogP contribution in [-0.4, -0.2) is 18.1 Å². The van der Waals surface area contributed by atoms with Crippen LogP contribution in [-0.2, 0) is 9.53 Å². The van der Waals surface area contributed by atoms with Crippen molar-refractivity contribution in [1.82, 2.24) is 5.43 Å². The lowest BCUT2D eigenvalue weighted by Crippen LogP contribution is -2.46. The number of carbonyl (C=O) groups is 1. The van der Waals surface area contributed by atoms with Crippen molar-refractivity contribution in [2.45, 2.75) is 37.9 Å². The number of hydrogen-bond donors (Lipinski definition) is 2. The number of nitrogens with two attached hydrogens (primary N) is 1. The monoisotopic (exact) mass is 194 g/mol. The molecule has 0 heterocycles. The van der Waals surface area contributed by atoms with Crippen LogP contribution in [0.25, 0.3) is 0 Å². The van der Waals surface area contributed by atoms with Gasteiger partial charge in [0.2, 0.25) is 0 Å². The second-order valence-corrected chi connectivity index (χ2v) is 3.01. The minimum Gasteiger partial charge on any atom is -0.309 e. The molecule has 13 heavy (non-hydrogen) atoms. The van der Waals surface area contributed by atoms with E-state index in [1.807, 2.05) is 0 Å². The second kappa shape index (κ2) is 3.97. The number of amides is 1. The third-order valence-electron chi connectivity index (χ3n) is 2.01. The topological polar surface area (TPSA) is 64.3 Å². The molecule has 0 aromatic rings. The van der Waals surface area contributed by atoms with Crippen LogP contribution in [0.5, 0.6) is 0 Å². The van der Waals surface area contributed by atoms with Crippen LogP contribution >= 0.6 is 0 Å². The van der Waals surface area contributed by atoms with E-state index in [-0.39, 0.29) is 0 Å². The third-order valence-corrected chi connectivity index (χ3v) is 2.01. The molecule has 0 saturated heterocycles. The Morgan fingerprint density at radius 3 is 2.46 bits per heavy atom. The fraction of sp³-hybridized carbons (Fsp3) is 0.857. The molecule has 6 heteroatoms. The van der Waals surface area contributed by atoms with Crippen molar-refractivity contribution in [3.8, 4) is 0 Å². The molecule has 1 rings (SSSR count). The second-order valence-electron chi connectivity index (χ2n) is 3.01. The van der Waals surface area contributed by atoms with Gasteiger partial charge in [-0.15, -0.1) is 0 Å². The summed E-state index contributed by atoms with van der Waals surface area (Å²) in [5, 5.41) is 0. The zero-order valence-corrected chi connectivity index (χ0v) is 7.06. The average molecular weight is 194 g/mol. The maximum atomic E-state index is 12.8. The van der Waals surface area contributed by atoms with Crippen LogP contribution in [0.3, 0.4) is 0 Å². The normalized spacial score (nSPS) is 19.0. The van der Waals surface area contributed by atoms with Gasteiger partial charge in [-0.25, -0.2) is 5.84 Å². The number of nitrogens with one attached hydrogen (secondary N) is 1. The fourth-order valence-corrected chi connectivity index (χ4v) is 1.35. The number of ether oxygens (including phenoxy) is 1. The summed E-state index contributed by atoms with van der Waals surface area (Å²) >= 11 is 0. The standard InChI is InChI=1S/C7H12F2N2O2/c8-7(9,6(12)11-10)13-5-3-1-2-4-5/h5H,1-4,10H2,(H,11,12). The van der Waals surface area contributed by atoms with Gasteiger partial charge in [-0.3, -0.25) is 10.2 Å². The number of alkyl halides is 2. The van der Waals surface area contributed by atoms with Gasteiger partial charge in [0.05, 0.1) is 6.10 Å². The number of halogens is 2. The van der Waals surface area contributed by atoms with E-state index in [2.05, 4.69) is 10.6 Å². The quantitative estimate of drug-likeness (QED) is 0.391. The van der Waals surface area contributed by atoms with Crippen LogP contribution in [0, 0.1) is 0 Å². The molecular formula is C7H12F2N2O2. The smallest absolute Gasteiger partial charge is 0.309 e. The number of carbonyl (C=O) groups excluding carboxylic acids is 1. The minimum atomic E-state index is -3.80. The van der Waals surface area contributed by atoms with Crippen molar-refractivity contribution in [2.75, 3.05) is 0 Å². The lowest BCUT2D eigenvalue weighted by Gasteiger charge is -2.18. The first-order chi connectivity index (χ1) is 6.06. The van der Waals surface area contributed by atoms with Crippen molar-refractivity contribution in [3.63, 3.8) is 0 Å². The van der Waals surface area contributed by atoms with E-state index in [9.17, 15) is 13.6 Å². The van der Waals surface area contributed by atoms with Gasteiger partial charge in [0.15, 0.2) is 0 Å². The largest absolute Gasteiger partial charge is 0.438 e. The van der Waals surface area contributed by atoms with Gasteiger partial charge in [-0.2, -0.15) is 8.78 Å². The van der Waals surface area contributed by atoms with Gasteiger partial charge >= 0.3 is 12.0 Å². The summed E-state index contributed by atoms with van der Waals surface area (Å²) in [6.45, 7) is 0. The van der Waals surface area contributed by atoms with Crippen LogP contribution < -0.4 is 11.3 Å². The lowest BCUT2D eigenvalue weighted by molar-refractivity contribution is -0.248. The molecule has 1 aliphatic carbocycles. The Bertz CT molecular complexity index is 193. The van der Waals surface area contributed by atoms with E-state index in [4.69, 9.17) is 0 Å². The molecule has 0 spiro atoms. The summed E-state index contributed by atoms with van der Waals surface area (Å²) in [5.41, 5.74) is 1.37. The lowest BCUT2D eigenvalue weighted by atomic mass is 10.3. The Morgan fingerprint density at radius 1 is 1.46 bits per heavy atom. The van der Waals surface area contributed by atoms with Crippen LogP contribution in [0.4, 0.5) is 8.78 Å². The molecule has 1 saturated carbocycles. The van der Waals surface area contributed by atoms with Crippen molar-refractivity contribution in [3.05, 3.63) is 0 Å². The van der Waals surface area contributed by atoms with Gasteiger partial charge in [0.1, 0.15) is 0 Å². The maximum absolute atomic E-state index is 12.8. The minimum absolute atomic E-state index is 0.521. The zero-order chi connectivity index (χ0) is 9.90. The number of hydrogen-bond acceptors (Lipinski definition) is 3.